The predicted octanol–water partition coefficient (Wildman–Crippen LogP) is 1.41. The molecule has 0 aromatic rings. The number of rotatable bonds is 2. The van der Waals surface area contributed by atoms with Crippen molar-refractivity contribution in [2.45, 2.75) is 0 Å². The Bertz CT molecular complexity index is 162. The van der Waals surface area contributed by atoms with E-state index in [0.29, 0.717) is 0 Å². The van der Waals surface area contributed by atoms with E-state index in [2.05, 4.69) is 0 Å². The van der Waals surface area contributed by atoms with Crippen molar-refractivity contribution < 1.29 is 18.9 Å². The molecule has 4 nitrogen and oxygen atoms in total. The molecule has 0 aliphatic rings. The lowest BCUT2D eigenvalue weighted by molar-refractivity contribution is 0.485. The second-order valence-electron chi connectivity index (χ2n) is 1.37. The molecule has 0 rings (SSSR count). The minimum Gasteiger partial charge on any atom is -0.333 e. The van der Waals surface area contributed by atoms with Crippen LogP contribution < -0.4 is 0 Å². The highest BCUT2D eigenvalue weighted by atomic mass is 35.7. The Kier molecular flexibility index (Phi) is 6.67. The molecule has 2 atom stereocenters. The van der Waals surface area contributed by atoms with Gasteiger partial charge >= 0.3 is 0 Å². The molecule has 0 saturated heterocycles. The third-order valence-electron chi connectivity index (χ3n) is 0.349. The van der Waals surface area contributed by atoms with Crippen molar-refractivity contribution in [2.24, 2.45) is 0 Å². The zero-order valence-electron chi connectivity index (χ0n) is 4.78. The molecular weight excluding hydrogens is 233 g/mol. The largest absolute Gasteiger partial charge is 0.333 e. The standard InChI is InChI=1S/CH4Cl2O4P2.Mg/c2-8(4,5)1-9(3,6)7;/h1H2,(H,4,5)(H,6,7);. The summed E-state index contributed by atoms with van der Waals surface area (Å²) in [6.07, 6.45) is 0. The van der Waals surface area contributed by atoms with Crippen LogP contribution in [0, 0.1) is 0 Å². The summed E-state index contributed by atoms with van der Waals surface area (Å²) in [7, 11) is 0. The molecule has 2 N–H and O–H groups in total. The van der Waals surface area contributed by atoms with Crippen LogP contribution in [0.3, 0.4) is 0 Å². The van der Waals surface area contributed by atoms with Gasteiger partial charge in [-0.05, 0) is 22.5 Å². The van der Waals surface area contributed by atoms with Gasteiger partial charge in [-0.25, -0.2) is 0 Å². The summed E-state index contributed by atoms with van der Waals surface area (Å²) in [5, 5.41) is 0. The van der Waals surface area contributed by atoms with E-state index in [1.807, 2.05) is 0 Å². The molecule has 0 fully saturated rings. The summed E-state index contributed by atoms with van der Waals surface area (Å²) in [5.41, 5.74) is 0. The first kappa shape index (κ1) is 14.3. The summed E-state index contributed by atoms with van der Waals surface area (Å²) in [5.74, 6) is -0.955. The Morgan fingerprint density at radius 3 is 1.30 bits per heavy atom. The van der Waals surface area contributed by atoms with E-state index in [4.69, 9.17) is 32.3 Å². The van der Waals surface area contributed by atoms with Gasteiger partial charge in [-0.3, -0.25) is 9.13 Å². The normalized spacial score (nSPS) is 22.0. The molecule has 0 aromatic heterocycles. The number of hydrogen-bond donors (Lipinski definition) is 2. The van der Waals surface area contributed by atoms with Gasteiger partial charge in [0, 0.05) is 23.1 Å². The molecule has 0 aliphatic heterocycles. The summed E-state index contributed by atoms with van der Waals surface area (Å²) in [4.78, 5) is 16.5. The van der Waals surface area contributed by atoms with Crippen molar-refractivity contribution in [3.05, 3.63) is 0 Å². The predicted molar refractivity (Wildman–Crippen MR) is 42.0 cm³/mol. The molecule has 0 saturated carbocycles. The van der Waals surface area contributed by atoms with Crippen LogP contribution >= 0.6 is 35.9 Å². The van der Waals surface area contributed by atoms with Crippen LogP contribution in [0.15, 0.2) is 0 Å². The summed E-state index contributed by atoms with van der Waals surface area (Å²) < 4.78 is 20.3. The van der Waals surface area contributed by atoms with Crippen LogP contribution in [-0.2, 0) is 9.13 Å². The molecule has 0 heterocycles. The van der Waals surface area contributed by atoms with Gasteiger partial charge < -0.3 is 9.79 Å². The van der Waals surface area contributed by atoms with Crippen molar-refractivity contribution in [3.8, 4) is 0 Å². The highest BCUT2D eigenvalue weighted by Gasteiger charge is 2.26. The highest BCUT2D eigenvalue weighted by molar-refractivity contribution is 7.98. The summed E-state index contributed by atoms with van der Waals surface area (Å²) in [6.45, 7) is -7.92. The fourth-order valence-corrected chi connectivity index (χ4v) is 5.04. The average molecular weight is 237 g/mol. The van der Waals surface area contributed by atoms with Crippen molar-refractivity contribution in [3.63, 3.8) is 0 Å². The third kappa shape index (κ3) is 12.4. The Labute approximate surface area is 83.5 Å². The Balaban J connectivity index is 0. The second-order valence-corrected chi connectivity index (χ2v) is 8.14. The van der Waals surface area contributed by atoms with Crippen LogP contribution in [-0.4, -0.2) is 38.7 Å². The van der Waals surface area contributed by atoms with E-state index in [0.717, 1.165) is 0 Å². The lowest BCUT2D eigenvalue weighted by Crippen LogP contribution is -1.78. The lowest BCUT2D eigenvalue weighted by atomic mass is 11.9. The molecule has 58 valence electrons. The highest BCUT2D eigenvalue weighted by Crippen LogP contribution is 2.62. The van der Waals surface area contributed by atoms with Crippen molar-refractivity contribution in [1.29, 1.82) is 0 Å². The number of halogens is 2. The fraction of sp³-hybridized carbons (Fsp3) is 1.00. The molecule has 2 radical (unpaired) electrons. The van der Waals surface area contributed by atoms with E-state index in [-0.39, 0.29) is 23.1 Å². The smallest absolute Gasteiger partial charge is 0.298 e. The maximum atomic E-state index is 10.1. The van der Waals surface area contributed by atoms with Gasteiger partial charge in [0.2, 0.25) is 0 Å². The maximum absolute atomic E-state index is 10.1. The molecule has 0 amide bonds. The van der Waals surface area contributed by atoms with Gasteiger partial charge in [0.25, 0.3) is 13.4 Å². The maximum Gasteiger partial charge on any atom is 0.298 e. The van der Waals surface area contributed by atoms with E-state index >= 15 is 0 Å². The van der Waals surface area contributed by atoms with Gasteiger partial charge in [-0.15, -0.1) is 0 Å². The van der Waals surface area contributed by atoms with Crippen LogP contribution in [0.2, 0.25) is 0 Å². The van der Waals surface area contributed by atoms with E-state index in [9.17, 15) is 9.13 Å². The van der Waals surface area contributed by atoms with Gasteiger partial charge in [0.05, 0.1) is 0 Å². The summed E-state index contributed by atoms with van der Waals surface area (Å²) in [6, 6.07) is 0. The van der Waals surface area contributed by atoms with Crippen molar-refractivity contribution in [2.75, 3.05) is 5.90 Å². The minimum absolute atomic E-state index is 0. The molecule has 0 aliphatic carbocycles. The van der Waals surface area contributed by atoms with Crippen LogP contribution in [0.4, 0.5) is 0 Å². The van der Waals surface area contributed by atoms with E-state index in [1.165, 1.54) is 0 Å². The zero-order valence-corrected chi connectivity index (χ0v) is 9.49. The van der Waals surface area contributed by atoms with E-state index < -0.39 is 19.3 Å². The average Bonchev–Trinajstić information content (AvgIpc) is 1.14. The van der Waals surface area contributed by atoms with Crippen molar-refractivity contribution in [1.82, 2.24) is 0 Å². The Morgan fingerprint density at radius 2 is 1.30 bits per heavy atom. The van der Waals surface area contributed by atoms with Crippen LogP contribution in [0.5, 0.6) is 0 Å². The topological polar surface area (TPSA) is 74.6 Å². The zero-order chi connectivity index (χ0) is 7.71. The molecule has 0 spiro atoms. The first-order valence-corrected chi connectivity index (χ1v) is 7.24. The quantitative estimate of drug-likeness (QED) is 0.562. The Morgan fingerprint density at radius 1 is 1.10 bits per heavy atom. The third-order valence-corrected chi connectivity index (χ3v) is 5.06. The first-order valence-electron chi connectivity index (χ1n) is 1.74. The SMILES string of the molecule is O=P(O)(Cl)CP(=O)(O)Cl.[Mg]. The van der Waals surface area contributed by atoms with Gasteiger partial charge in [0.15, 0.2) is 0 Å². The molecular formula is CH4Cl2MgO4P2. The fourth-order valence-electron chi connectivity index (χ4n) is 0.215. The monoisotopic (exact) mass is 236 g/mol. The van der Waals surface area contributed by atoms with E-state index in [1.54, 1.807) is 0 Å². The molecule has 9 heteroatoms. The molecule has 0 aromatic carbocycles. The molecule has 2 unspecified atom stereocenters. The second kappa shape index (κ2) is 4.68. The van der Waals surface area contributed by atoms with Gasteiger partial charge in [-0.2, -0.15) is 0 Å². The van der Waals surface area contributed by atoms with Gasteiger partial charge in [0.1, 0.15) is 5.90 Å². The van der Waals surface area contributed by atoms with Gasteiger partial charge in [-0.1, -0.05) is 0 Å². The Hall–Kier alpha value is 1.73. The van der Waals surface area contributed by atoms with Crippen LogP contribution in [0.25, 0.3) is 0 Å². The number of hydrogen-bond acceptors (Lipinski definition) is 2. The summed E-state index contributed by atoms with van der Waals surface area (Å²) >= 11 is 9.42. The van der Waals surface area contributed by atoms with Crippen molar-refractivity contribution >= 4 is 59.0 Å². The minimum atomic E-state index is -3.96. The molecule has 10 heavy (non-hydrogen) atoms. The molecule has 0 bridgehead atoms. The van der Waals surface area contributed by atoms with Crippen LogP contribution in [0.1, 0.15) is 0 Å². The first-order chi connectivity index (χ1) is 3.71. The lowest BCUT2D eigenvalue weighted by Gasteiger charge is -2.01.